The summed E-state index contributed by atoms with van der Waals surface area (Å²) in [5.74, 6) is 0.781. The molecular weight excluding hydrogens is 328 g/mol. The molecule has 24 heavy (non-hydrogen) atoms. The van der Waals surface area contributed by atoms with Crippen LogP contribution in [-0.2, 0) is 4.74 Å². The van der Waals surface area contributed by atoms with E-state index in [4.69, 9.17) is 21.3 Å². The van der Waals surface area contributed by atoms with Crippen LogP contribution in [0.3, 0.4) is 0 Å². The lowest BCUT2D eigenvalue weighted by atomic mass is 10.1. The highest BCUT2D eigenvalue weighted by molar-refractivity contribution is 6.33. The Morgan fingerprint density at radius 1 is 1.29 bits per heavy atom. The predicted octanol–water partition coefficient (Wildman–Crippen LogP) is 3.03. The third-order valence-electron chi connectivity index (χ3n) is 4.16. The topological polar surface area (TPSA) is 69.3 Å². The molecule has 3 aromatic heterocycles. The van der Waals surface area contributed by atoms with Gasteiger partial charge < -0.3 is 10.1 Å². The number of anilines is 1. The number of nitrogens with zero attached hydrogens (tertiary/aromatic N) is 5. The van der Waals surface area contributed by atoms with Crippen molar-refractivity contribution in [2.75, 3.05) is 18.5 Å². The maximum atomic E-state index is 6.19. The second kappa shape index (κ2) is 6.07. The lowest BCUT2D eigenvalue weighted by molar-refractivity contribution is 0.195. The van der Waals surface area contributed by atoms with Crippen molar-refractivity contribution in [2.24, 2.45) is 0 Å². The van der Waals surface area contributed by atoms with Crippen molar-refractivity contribution in [3.63, 3.8) is 0 Å². The summed E-state index contributed by atoms with van der Waals surface area (Å²) < 4.78 is 9.08. The number of nitrogens with one attached hydrogen (secondary N) is 1. The van der Waals surface area contributed by atoms with Crippen molar-refractivity contribution < 1.29 is 4.74 Å². The fraction of sp³-hybridized carbons (Fsp3) is 0.438. The minimum absolute atomic E-state index is 0.251. The van der Waals surface area contributed by atoms with E-state index in [9.17, 15) is 0 Å². The molecule has 0 amide bonds. The first kappa shape index (κ1) is 15.4. The Labute approximate surface area is 144 Å². The van der Waals surface area contributed by atoms with E-state index >= 15 is 0 Å². The Morgan fingerprint density at radius 3 is 2.88 bits per heavy atom. The van der Waals surface area contributed by atoms with Crippen LogP contribution in [0.5, 0.6) is 0 Å². The van der Waals surface area contributed by atoms with Crippen LogP contribution in [0.2, 0.25) is 5.02 Å². The van der Waals surface area contributed by atoms with Crippen LogP contribution in [0.15, 0.2) is 24.8 Å². The summed E-state index contributed by atoms with van der Waals surface area (Å²) in [7, 11) is 0. The normalized spacial score (nSPS) is 17.9. The first-order valence-electron chi connectivity index (χ1n) is 8.04. The van der Waals surface area contributed by atoms with Crippen LogP contribution >= 0.6 is 11.6 Å². The molecule has 0 spiro atoms. The minimum Gasteiger partial charge on any atom is -0.379 e. The van der Waals surface area contributed by atoms with E-state index < -0.39 is 0 Å². The maximum Gasteiger partial charge on any atom is 0.175 e. The summed E-state index contributed by atoms with van der Waals surface area (Å²) in [5.41, 5.74) is 2.57. The average Bonchev–Trinajstić information content (AvgIpc) is 3.29. The lowest BCUT2D eigenvalue weighted by Crippen LogP contribution is -2.20. The second-order valence-electron chi connectivity index (χ2n) is 6.27. The van der Waals surface area contributed by atoms with Gasteiger partial charge in [-0.25, -0.2) is 9.50 Å². The molecule has 1 aliphatic rings. The van der Waals surface area contributed by atoms with Crippen molar-refractivity contribution in [1.29, 1.82) is 0 Å². The SMILES string of the molecule is CC(C)n1cc(-c2cn3ncc(Cl)c3nc2NC2CCOC2)cn1. The molecule has 0 aromatic carbocycles. The van der Waals surface area contributed by atoms with E-state index in [1.165, 1.54) is 0 Å². The lowest BCUT2D eigenvalue weighted by Gasteiger charge is -2.15. The smallest absolute Gasteiger partial charge is 0.175 e. The monoisotopic (exact) mass is 346 g/mol. The van der Waals surface area contributed by atoms with Crippen molar-refractivity contribution in [3.05, 3.63) is 29.8 Å². The van der Waals surface area contributed by atoms with E-state index in [0.717, 1.165) is 30.0 Å². The molecule has 1 unspecified atom stereocenters. The number of ether oxygens (including phenoxy) is 1. The molecule has 8 heteroatoms. The zero-order chi connectivity index (χ0) is 16.7. The third kappa shape index (κ3) is 2.74. The zero-order valence-corrected chi connectivity index (χ0v) is 14.4. The van der Waals surface area contributed by atoms with Gasteiger partial charge in [0.1, 0.15) is 10.8 Å². The molecule has 1 aliphatic heterocycles. The molecule has 126 valence electrons. The highest BCUT2D eigenvalue weighted by Gasteiger charge is 2.20. The number of hydrogen-bond donors (Lipinski definition) is 1. The van der Waals surface area contributed by atoms with Crippen LogP contribution in [-0.4, -0.2) is 43.6 Å². The summed E-state index contributed by atoms with van der Waals surface area (Å²) in [6, 6.07) is 0.551. The Balaban J connectivity index is 1.80. The van der Waals surface area contributed by atoms with Gasteiger partial charge in [-0.15, -0.1) is 0 Å². The number of halogens is 1. The van der Waals surface area contributed by atoms with Crippen molar-refractivity contribution in [2.45, 2.75) is 32.4 Å². The van der Waals surface area contributed by atoms with E-state index in [1.807, 2.05) is 23.3 Å². The fourth-order valence-electron chi connectivity index (χ4n) is 2.81. The summed E-state index contributed by atoms with van der Waals surface area (Å²) in [4.78, 5) is 4.69. The van der Waals surface area contributed by atoms with Crippen LogP contribution in [0, 0.1) is 0 Å². The van der Waals surface area contributed by atoms with Gasteiger partial charge in [0.15, 0.2) is 5.65 Å². The molecule has 0 aliphatic carbocycles. The van der Waals surface area contributed by atoms with Gasteiger partial charge in [0.25, 0.3) is 0 Å². The molecular formula is C16H19ClN6O. The fourth-order valence-corrected chi connectivity index (χ4v) is 2.98. The number of aromatic nitrogens is 5. The molecule has 4 rings (SSSR count). The third-order valence-corrected chi connectivity index (χ3v) is 4.43. The highest BCUT2D eigenvalue weighted by atomic mass is 35.5. The van der Waals surface area contributed by atoms with E-state index in [2.05, 4.69) is 29.4 Å². The average molecular weight is 347 g/mol. The van der Waals surface area contributed by atoms with Crippen LogP contribution < -0.4 is 5.32 Å². The Morgan fingerprint density at radius 2 is 2.17 bits per heavy atom. The summed E-state index contributed by atoms with van der Waals surface area (Å²) in [6.07, 6.45) is 8.38. The molecule has 0 radical (unpaired) electrons. The van der Waals surface area contributed by atoms with E-state index in [1.54, 1.807) is 10.7 Å². The summed E-state index contributed by atoms with van der Waals surface area (Å²) in [5, 5.41) is 12.7. The largest absolute Gasteiger partial charge is 0.379 e. The Kier molecular flexibility index (Phi) is 3.90. The molecule has 1 saturated heterocycles. The van der Waals surface area contributed by atoms with Gasteiger partial charge in [0, 0.05) is 36.2 Å². The predicted molar refractivity (Wildman–Crippen MR) is 92.4 cm³/mol. The molecule has 7 nitrogen and oxygen atoms in total. The zero-order valence-electron chi connectivity index (χ0n) is 13.6. The molecule has 0 saturated carbocycles. The van der Waals surface area contributed by atoms with Gasteiger partial charge in [-0.05, 0) is 20.3 Å². The first-order chi connectivity index (χ1) is 11.6. The number of fused-ring (bicyclic) bond motifs is 1. The minimum atomic E-state index is 0.251. The Bertz CT molecular complexity index is 865. The maximum absolute atomic E-state index is 6.19. The number of hydrogen-bond acceptors (Lipinski definition) is 5. The molecule has 0 bridgehead atoms. The van der Waals surface area contributed by atoms with Crippen molar-refractivity contribution in [3.8, 4) is 11.1 Å². The molecule has 4 heterocycles. The quantitative estimate of drug-likeness (QED) is 0.786. The Hall–Kier alpha value is -2.12. The highest BCUT2D eigenvalue weighted by Crippen LogP contribution is 2.30. The summed E-state index contributed by atoms with van der Waals surface area (Å²) in [6.45, 7) is 5.65. The number of rotatable bonds is 4. The van der Waals surface area contributed by atoms with Crippen LogP contribution in [0.1, 0.15) is 26.3 Å². The molecule has 1 atom stereocenters. The van der Waals surface area contributed by atoms with Crippen molar-refractivity contribution >= 4 is 23.1 Å². The van der Waals surface area contributed by atoms with Gasteiger partial charge in [0.2, 0.25) is 0 Å². The van der Waals surface area contributed by atoms with Crippen LogP contribution in [0.25, 0.3) is 16.8 Å². The standard InChI is InChI=1S/C16H19ClN6O/c1-10(2)22-7-11(5-18-22)13-8-23-16(14(17)6-19-23)21-15(13)20-12-3-4-24-9-12/h5-8,10,12H,3-4,9H2,1-2H3,(H,20,21). The van der Waals surface area contributed by atoms with Gasteiger partial charge >= 0.3 is 0 Å². The van der Waals surface area contributed by atoms with Gasteiger partial charge in [-0.3, -0.25) is 4.68 Å². The molecule has 3 aromatic rings. The van der Waals surface area contributed by atoms with Gasteiger partial charge in [0.05, 0.1) is 25.0 Å². The summed E-state index contributed by atoms with van der Waals surface area (Å²) >= 11 is 6.19. The van der Waals surface area contributed by atoms with Gasteiger partial charge in [-0.1, -0.05) is 11.6 Å². The van der Waals surface area contributed by atoms with Crippen molar-refractivity contribution in [1.82, 2.24) is 24.4 Å². The second-order valence-corrected chi connectivity index (χ2v) is 6.68. The first-order valence-corrected chi connectivity index (χ1v) is 8.42. The molecule has 1 fully saturated rings. The molecule has 1 N–H and O–H groups in total. The van der Waals surface area contributed by atoms with Crippen LogP contribution in [0.4, 0.5) is 5.82 Å². The van der Waals surface area contributed by atoms with E-state index in [0.29, 0.717) is 23.3 Å². The van der Waals surface area contributed by atoms with Gasteiger partial charge in [-0.2, -0.15) is 10.2 Å². The van der Waals surface area contributed by atoms with E-state index in [-0.39, 0.29) is 6.04 Å².